The average molecular weight is 457 g/mol. The van der Waals surface area contributed by atoms with E-state index in [0.29, 0.717) is 0 Å². The van der Waals surface area contributed by atoms with Crippen LogP contribution in [0.25, 0.3) is 0 Å². The summed E-state index contributed by atoms with van der Waals surface area (Å²) in [6, 6.07) is 0. The molecule has 28 rings (SSSR count). The smallest absolute Gasteiger partial charge is 0.00374 e. The van der Waals surface area contributed by atoms with Crippen LogP contribution in [0.4, 0.5) is 0 Å². The van der Waals surface area contributed by atoms with Crippen LogP contribution in [0.5, 0.6) is 0 Å². The van der Waals surface area contributed by atoms with Gasteiger partial charge < -0.3 is 0 Å². The number of hydrogen-bond donors (Lipinski definition) is 0. The summed E-state index contributed by atoms with van der Waals surface area (Å²) in [5.41, 5.74) is 5.01. The topological polar surface area (TPSA) is 0 Å². The van der Waals surface area contributed by atoms with Crippen molar-refractivity contribution < 1.29 is 0 Å². The van der Waals surface area contributed by atoms with Crippen molar-refractivity contribution in [2.75, 3.05) is 0 Å². The average Bonchev–Trinajstić information content (AvgIpc) is 2.85. The Bertz CT molecular complexity index is 1040. The standard InChI is InChI=1S/C35H36/c1-7-19-9-2-13-25-14-4-11-21-8(1)22-12-5-16-26-15-3-10-20(7)32(22,26)35(31(19,21)25)33(23(9)10)27(13)17-6-18(29(15)33)30(16)34(35,24(11)12)28(14)17/h7-30H,1-6H2. The van der Waals surface area contributed by atoms with E-state index in [9.17, 15) is 0 Å². The molecule has 0 aromatic heterocycles. The number of rotatable bonds is 0. The maximum atomic E-state index is 1.82. The highest BCUT2D eigenvalue weighted by Gasteiger charge is 3.17. The minimum absolute atomic E-state index is 0.997. The normalized spacial score (nSPS) is 106. The lowest BCUT2D eigenvalue weighted by molar-refractivity contribution is -0.724. The van der Waals surface area contributed by atoms with Crippen LogP contribution in [0.15, 0.2) is 0 Å². The predicted molar refractivity (Wildman–Crippen MR) is 124 cm³/mol. The van der Waals surface area contributed by atoms with Gasteiger partial charge in [-0.15, -0.1) is 0 Å². The molecule has 28 saturated carbocycles. The van der Waals surface area contributed by atoms with Crippen LogP contribution in [0.3, 0.4) is 0 Å². The maximum absolute atomic E-state index is 1.82. The minimum atomic E-state index is 0.997. The van der Waals surface area contributed by atoms with Crippen LogP contribution in [0.1, 0.15) is 38.5 Å². The van der Waals surface area contributed by atoms with Gasteiger partial charge in [0.25, 0.3) is 0 Å². The van der Waals surface area contributed by atoms with E-state index in [1.165, 1.54) is 142 Å². The van der Waals surface area contributed by atoms with Crippen LogP contribution in [-0.4, -0.2) is 0 Å². The van der Waals surface area contributed by atoms with Gasteiger partial charge >= 0.3 is 0 Å². The second kappa shape index (κ2) is 3.17. The van der Waals surface area contributed by atoms with E-state index in [2.05, 4.69) is 0 Å². The molecule has 0 unspecified atom stereocenters. The van der Waals surface area contributed by atoms with Gasteiger partial charge in [-0.25, -0.2) is 0 Å². The highest BCUT2D eigenvalue weighted by Crippen LogP contribution is 3.20. The summed E-state index contributed by atoms with van der Waals surface area (Å²) >= 11 is 0. The zero-order valence-electron chi connectivity index (χ0n) is 20.6. The fourth-order valence-corrected chi connectivity index (χ4v) is 28.3. The van der Waals surface area contributed by atoms with Crippen molar-refractivity contribution in [1.82, 2.24) is 0 Å². The molecule has 0 saturated heterocycles. The van der Waals surface area contributed by atoms with Crippen LogP contribution in [0, 0.1) is 169 Å². The van der Waals surface area contributed by atoms with E-state index < -0.39 is 0 Å². The molecule has 0 aliphatic heterocycles. The van der Waals surface area contributed by atoms with Gasteiger partial charge in [-0.3, -0.25) is 0 Å². The molecule has 0 radical (unpaired) electrons. The summed E-state index contributed by atoms with van der Waals surface area (Å²) in [5, 5.41) is 0. The molecule has 35 heavy (non-hydrogen) atoms. The second-order valence-corrected chi connectivity index (χ2v) is 20.2. The maximum Gasteiger partial charge on any atom is -0.00374 e. The monoisotopic (exact) mass is 456 g/mol. The zero-order chi connectivity index (χ0) is 20.6. The van der Waals surface area contributed by atoms with Crippen molar-refractivity contribution in [2.24, 2.45) is 169 Å². The van der Waals surface area contributed by atoms with Crippen LogP contribution >= 0.6 is 0 Å². The predicted octanol–water partition coefficient (Wildman–Crippen LogP) is 5.29. The summed E-state index contributed by atoms with van der Waals surface area (Å²) < 4.78 is 0. The summed E-state index contributed by atoms with van der Waals surface area (Å²) in [7, 11) is 0. The molecule has 0 amide bonds. The third-order valence-electron chi connectivity index (χ3n) is 23.6. The van der Waals surface area contributed by atoms with Crippen LogP contribution in [0.2, 0.25) is 0 Å². The molecule has 0 heterocycles. The van der Waals surface area contributed by atoms with Gasteiger partial charge in [0.2, 0.25) is 0 Å². The molecule has 28 aliphatic rings. The minimum Gasteiger partial charge on any atom is -0.0464 e. The summed E-state index contributed by atoms with van der Waals surface area (Å²) in [6.45, 7) is 0. The van der Waals surface area contributed by atoms with Crippen LogP contribution in [-0.2, 0) is 0 Å². The van der Waals surface area contributed by atoms with Crippen molar-refractivity contribution in [2.45, 2.75) is 38.5 Å². The summed E-state index contributed by atoms with van der Waals surface area (Å²) in [5.74, 6) is 31.3. The van der Waals surface area contributed by atoms with Crippen molar-refractivity contribution in [3.05, 3.63) is 0 Å². The Morgan fingerprint density at radius 1 is 0.229 bits per heavy atom. The molecule has 0 N–H and O–H groups in total. The molecule has 29 bridgehead atoms. The highest BCUT2D eigenvalue weighted by atomic mass is 15.2. The zero-order valence-corrected chi connectivity index (χ0v) is 20.6. The Balaban J connectivity index is 1.24. The van der Waals surface area contributed by atoms with Gasteiger partial charge in [-0.05, 0) is 208 Å². The van der Waals surface area contributed by atoms with E-state index in [4.69, 9.17) is 0 Å². The SMILES string of the molecule is C1C2C3C4CC5C6C7CC8C9C1C1C%10CC%11C%12C%13CC%14C2C1%12C1(C396)C2(C4%14)C5C3CC(C%132)C%11C1(C8%10)C73. The summed E-state index contributed by atoms with van der Waals surface area (Å²) in [4.78, 5) is 0. The largest absolute Gasteiger partial charge is 0.0464 e. The van der Waals surface area contributed by atoms with Crippen molar-refractivity contribution >= 4 is 0 Å². The first-order valence-electron chi connectivity index (χ1n) is 17.4. The lowest BCUT2D eigenvalue weighted by Gasteiger charge is -3.18. The van der Waals surface area contributed by atoms with E-state index in [1.54, 1.807) is 0 Å². The van der Waals surface area contributed by atoms with Crippen LogP contribution < -0.4 is 0 Å². The third kappa shape index (κ3) is 0.670. The molecule has 0 aromatic carbocycles. The quantitative estimate of drug-likeness (QED) is 0.464. The lowest BCUT2D eigenvalue weighted by atomic mass is 8.85. The number of hydrogen-bond acceptors (Lipinski definition) is 0. The Labute approximate surface area is 207 Å². The molecule has 5 spiro atoms. The molecule has 28 fully saturated rings. The Kier molecular flexibility index (Phi) is 1.36. The van der Waals surface area contributed by atoms with Crippen molar-refractivity contribution in [3.63, 3.8) is 0 Å². The van der Waals surface area contributed by atoms with E-state index in [-0.39, 0.29) is 0 Å². The molecule has 176 valence electrons. The fourth-order valence-electron chi connectivity index (χ4n) is 28.3. The van der Waals surface area contributed by atoms with Gasteiger partial charge in [-0.1, -0.05) is 0 Å². The Hall–Kier alpha value is 0. The van der Waals surface area contributed by atoms with E-state index >= 15 is 0 Å². The molecule has 0 aromatic rings. The first-order valence-corrected chi connectivity index (χ1v) is 17.4. The van der Waals surface area contributed by atoms with Gasteiger partial charge in [-0.2, -0.15) is 0 Å². The van der Waals surface area contributed by atoms with Gasteiger partial charge in [0.1, 0.15) is 0 Å². The van der Waals surface area contributed by atoms with Gasteiger partial charge in [0, 0.05) is 0 Å². The Morgan fingerprint density at radius 3 is 0.514 bits per heavy atom. The first-order chi connectivity index (χ1) is 17.4. The van der Waals surface area contributed by atoms with Crippen molar-refractivity contribution in [3.8, 4) is 0 Å². The van der Waals surface area contributed by atoms with Crippen molar-refractivity contribution in [1.29, 1.82) is 0 Å². The van der Waals surface area contributed by atoms with E-state index in [0.717, 1.165) is 27.1 Å². The third-order valence-corrected chi connectivity index (χ3v) is 23.6. The fraction of sp³-hybridized carbons (Fsp3) is 1.00. The molecular weight excluding hydrogens is 420 g/mol. The second-order valence-electron chi connectivity index (χ2n) is 20.2. The molecule has 0 atom stereocenters. The molecule has 28 aliphatic carbocycles. The van der Waals surface area contributed by atoms with E-state index in [1.807, 2.05) is 38.5 Å². The first kappa shape index (κ1) is 15.0. The Morgan fingerprint density at radius 2 is 0.371 bits per heavy atom. The lowest BCUT2D eigenvalue weighted by Crippen LogP contribution is -3.15. The highest BCUT2D eigenvalue weighted by molar-refractivity contribution is 5.63. The molecule has 0 heteroatoms. The molecule has 0 nitrogen and oxygen atoms in total. The van der Waals surface area contributed by atoms with Gasteiger partial charge in [0.15, 0.2) is 0 Å². The van der Waals surface area contributed by atoms with Gasteiger partial charge in [0.05, 0.1) is 0 Å². The molecular formula is C35H36. The summed E-state index contributed by atoms with van der Waals surface area (Å²) in [6.07, 6.45) is 10.9.